The number of hydrazine groups is 1. The molecule has 0 saturated heterocycles. The summed E-state index contributed by atoms with van der Waals surface area (Å²) in [6, 6.07) is 24.6. The van der Waals surface area contributed by atoms with E-state index in [1.54, 1.807) is 61.7 Å². The normalized spacial score (nSPS) is 10.9. The van der Waals surface area contributed by atoms with E-state index in [0.717, 1.165) is 10.6 Å². The van der Waals surface area contributed by atoms with Crippen molar-refractivity contribution in [1.82, 2.24) is 5.32 Å². The van der Waals surface area contributed by atoms with Gasteiger partial charge in [-0.05, 0) is 48.0 Å². The first-order chi connectivity index (χ1) is 14.1. The monoisotopic (exact) mass is 387 g/mol. The average Bonchev–Trinajstić information content (AvgIpc) is 2.79. The van der Waals surface area contributed by atoms with Crippen LogP contribution in [-0.2, 0) is 4.79 Å². The number of anilines is 1. The predicted octanol–water partition coefficient (Wildman–Crippen LogP) is 3.37. The van der Waals surface area contributed by atoms with Gasteiger partial charge in [0.2, 0.25) is 0 Å². The molecule has 0 spiro atoms. The third kappa shape index (κ3) is 5.09. The van der Waals surface area contributed by atoms with E-state index in [-0.39, 0.29) is 5.70 Å². The molecule has 146 valence electrons. The lowest BCUT2D eigenvalue weighted by Gasteiger charge is -2.19. The zero-order valence-corrected chi connectivity index (χ0v) is 15.9. The number of carbonyl (C=O) groups excluding carboxylic acids is 2. The highest BCUT2D eigenvalue weighted by Crippen LogP contribution is 2.19. The Kier molecular flexibility index (Phi) is 6.40. The van der Waals surface area contributed by atoms with Gasteiger partial charge < -0.3 is 10.1 Å². The summed E-state index contributed by atoms with van der Waals surface area (Å²) >= 11 is 0. The Morgan fingerprint density at radius 3 is 2.07 bits per heavy atom. The fraction of sp³-hybridized carbons (Fsp3) is 0.0435. The standard InChI is InChI=1S/C23H21N3O3/c1-29-20-14-12-19(13-15-20)26(24)23(28)21(16-17-8-4-2-5-9-17)25-22(27)18-10-6-3-7-11-18/h2-16H,24H2,1H3,(H,25,27). The maximum Gasteiger partial charge on any atom is 0.288 e. The van der Waals surface area contributed by atoms with Gasteiger partial charge in [0.05, 0.1) is 12.8 Å². The zero-order chi connectivity index (χ0) is 20.6. The third-order valence-corrected chi connectivity index (χ3v) is 4.19. The van der Waals surface area contributed by atoms with E-state index >= 15 is 0 Å². The maximum atomic E-state index is 13.1. The fourth-order valence-electron chi connectivity index (χ4n) is 2.64. The van der Waals surface area contributed by atoms with Crippen LogP contribution in [0, 0.1) is 0 Å². The lowest BCUT2D eigenvalue weighted by molar-refractivity contribution is -0.115. The lowest BCUT2D eigenvalue weighted by Crippen LogP contribution is -2.42. The highest BCUT2D eigenvalue weighted by molar-refractivity contribution is 6.11. The molecular weight excluding hydrogens is 366 g/mol. The highest BCUT2D eigenvalue weighted by Gasteiger charge is 2.20. The summed E-state index contributed by atoms with van der Waals surface area (Å²) in [6.07, 6.45) is 1.59. The number of benzene rings is 3. The summed E-state index contributed by atoms with van der Waals surface area (Å²) in [5.74, 6) is 5.74. The molecule has 3 aromatic rings. The van der Waals surface area contributed by atoms with Gasteiger partial charge in [-0.2, -0.15) is 0 Å². The number of rotatable bonds is 6. The van der Waals surface area contributed by atoms with E-state index < -0.39 is 11.8 Å². The Hall–Kier alpha value is -3.90. The van der Waals surface area contributed by atoms with E-state index in [4.69, 9.17) is 10.6 Å². The first-order valence-corrected chi connectivity index (χ1v) is 8.95. The topological polar surface area (TPSA) is 84.7 Å². The van der Waals surface area contributed by atoms with Crippen molar-refractivity contribution in [3.8, 4) is 5.75 Å². The van der Waals surface area contributed by atoms with Gasteiger partial charge in [0.1, 0.15) is 11.4 Å². The second-order valence-electron chi connectivity index (χ2n) is 6.16. The van der Waals surface area contributed by atoms with Crippen LogP contribution in [0.2, 0.25) is 0 Å². The van der Waals surface area contributed by atoms with E-state index in [2.05, 4.69) is 5.32 Å². The van der Waals surface area contributed by atoms with E-state index in [1.807, 2.05) is 36.4 Å². The van der Waals surface area contributed by atoms with Crippen LogP contribution >= 0.6 is 0 Å². The van der Waals surface area contributed by atoms with Crippen LogP contribution < -0.4 is 20.9 Å². The summed E-state index contributed by atoms with van der Waals surface area (Å²) in [6.45, 7) is 0. The van der Waals surface area contributed by atoms with Crippen molar-refractivity contribution in [2.24, 2.45) is 5.84 Å². The van der Waals surface area contributed by atoms with Gasteiger partial charge in [0.25, 0.3) is 11.8 Å². The molecule has 0 aliphatic rings. The van der Waals surface area contributed by atoms with Gasteiger partial charge in [-0.3, -0.25) is 9.59 Å². The van der Waals surface area contributed by atoms with Gasteiger partial charge in [0.15, 0.2) is 0 Å². The maximum absolute atomic E-state index is 13.1. The molecule has 0 aliphatic carbocycles. The molecule has 0 fully saturated rings. The van der Waals surface area contributed by atoms with E-state index in [1.165, 1.54) is 0 Å². The Morgan fingerprint density at radius 1 is 0.897 bits per heavy atom. The van der Waals surface area contributed by atoms with Crippen molar-refractivity contribution in [3.63, 3.8) is 0 Å². The van der Waals surface area contributed by atoms with Crippen molar-refractivity contribution in [3.05, 3.63) is 102 Å². The minimum atomic E-state index is -0.552. The molecule has 6 heteroatoms. The minimum absolute atomic E-state index is 0.0587. The predicted molar refractivity (Wildman–Crippen MR) is 113 cm³/mol. The summed E-state index contributed by atoms with van der Waals surface area (Å²) < 4.78 is 5.12. The molecule has 0 heterocycles. The van der Waals surface area contributed by atoms with Crippen molar-refractivity contribution in [1.29, 1.82) is 0 Å². The van der Waals surface area contributed by atoms with Crippen LogP contribution in [-0.4, -0.2) is 18.9 Å². The van der Waals surface area contributed by atoms with Gasteiger partial charge >= 0.3 is 0 Å². The first kappa shape index (κ1) is 19.9. The Labute approximate surface area is 169 Å². The molecule has 3 aromatic carbocycles. The van der Waals surface area contributed by atoms with Crippen LogP contribution in [0.25, 0.3) is 6.08 Å². The van der Waals surface area contributed by atoms with E-state index in [9.17, 15) is 9.59 Å². The summed E-state index contributed by atoms with van der Waals surface area (Å²) in [5, 5.41) is 3.67. The Balaban J connectivity index is 1.90. The van der Waals surface area contributed by atoms with Crippen LogP contribution in [0.5, 0.6) is 5.75 Å². The largest absolute Gasteiger partial charge is 0.497 e. The van der Waals surface area contributed by atoms with Crippen LogP contribution in [0.1, 0.15) is 15.9 Å². The van der Waals surface area contributed by atoms with Crippen molar-refractivity contribution in [2.45, 2.75) is 0 Å². The zero-order valence-electron chi connectivity index (χ0n) is 15.9. The molecule has 3 rings (SSSR count). The summed E-state index contributed by atoms with van der Waals surface area (Å²) in [5.41, 5.74) is 1.71. The SMILES string of the molecule is COc1ccc(N(N)C(=O)C(=Cc2ccccc2)NC(=O)c2ccccc2)cc1. The molecular formula is C23H21N3O3. The number of methoxy groups -OCH3 is 1. The minimum Gasteiger partial charge on any atom is -0.497 e. The van der Waals surface area contributed by atoms with Crippen molar-refractivity contribution >= 4 is 23.6 Å². The lowest BCUT2D eigenvalue weighted by atomic mass is 10.1. The van der Waals surface area contributed by atoms with Crippen LogP contribution in [0.4, 0.5) is 5.69 Å². The Morgan fingerprint density at radius 2 is 1.48 bits per heavy atom. The molecule has 0 radical (unpaired) electrons. The number of hydrogen-bond acceptors (Lipinski definition) is 4. The first-order valence-electron chi connectivity index (χ1n) is 8.95. The molecule has 6 nitrogen and oxygen atoms in total. The smallest absolute Gasteiger partial charge is 0.288 e. The van der Waals surface area contributed by atoms with Gasteiger partial charge in [-0.25, -0.2) is 10.9 Å². The second-order valence-corrected chi connectivity index (χ2v) is 6.16. The van der Waals surface area contributed by atoms with Crippen LogP contribution in [0.15, 0.2) is 90.6 Å². The van der Waals surface area contributed by atoms with E-state index in [0.29, 0.717) is 17.0 Å². The van der Waals surface area contributed by atoms with Crippen molar-refractivity contribution < 1.29 is 14.3 Å². The molecule has 0 saturated carbocycles. The molecule has 0 bridgehead atoms. The number of ether oxygens (including phenoxy) is 1. The molecule has 0 unspecified atom stereocenters. The number of nitrogens with zero attached hydrogens (tertiary/aromatic N) is 1. The van der Waals surface area contributed by atoms with Crippen LogP contribution in [0.3, 0.4) is 0 Å². The molecule has 0 atom stereocenters. The van der Waals surface area contributed by atoms with Gasteiger partial charge in [-0.15, -0.1) is 0 Å². The van der Waals surface area contributed by atoms with Gasteiger partial charge in [-0.1, -0.05) is 48.5 Å². The number of amides is 2. The number of nitrogens with one attached hydrogen (secondary N) is 1. The number of nitrogens with two attached hydrogens (primary N) is 1. The fourth-order valence-corrected chi connectivity index (χ4v) is 2.64. The average molecular weight is 387 g/mol. The third-order valence-electron chi connectivity index (χ3n) is 4.19. The molecule has 2 amide bonds. The van der Waals surface area contributed by atoms with Gasteiger partial charge in [0, 0.05) is 5.56 Å². The summed E-state index contributed by atoms with van der Waals surface area (Å²) in [4.78, 5) is 25.7. The van der Waals surface area contributed by atoms with Crippen molar-refractivity contribution in [2.75, 3.05) is 12.1 Å². The number of carbonyl (C=O) groups is 2. The molecule has 0 aliphatic heterocycles. The number of hydrogen-bond donors (Lipinski definition) is 2. The summed E-state index contributed by atoms with van der Waals surface area (Å²) in [7, 11) is 1.56. The molecule has 3 N–H and O–H groups in total. The second kappa shape index (κ2) is 9.34. The molecule has 0 aromatic heterocycles. The molecule has 29 heavy (non-hydrogen) atoms. The Bertz CT molecular complexity index is 1000. The highest BCUT2D eigenvalue weighted by atomic mass is 16.5. The quantitative estimate of drug-likeness (QED) is 0.294.